The third-order valence-corrected chi connectivity index (χ3v) is 5.24. The highest BCUT2D eigenvalue weighted by atomic mass is 35.5. The van der Waals surface area contributed by atoms with Gasteiger partial charge in [-0.3, -0.25) is 4.79 Å². The summed E-state index contributed by atoms with van der Waals surface area (Å²) in [5.74, 6) is 0.879. The standard InChI is InChI=1S/C21H22Cl2N2O3/c1-3-19-24-21-13(2)18(28-10-4-5-20(26)27)9-8-17(21)25(19)12-14-6-7-15(22)11-16(14)23/h6-9,11H,3-5,10,12H2,1-2H3,(H,26,27). The average molecular weight is 421 g/mol. The molecule has 5 nitrogen and oxygen atoms in total. The van der Waals surface area contributed by atoms with E-state index in [4.69, 9.17) is 38.0 Å². The largest absolute Gasteiger partial charge is 0.493 e. The van der Waals surface area contributed by atoms with Gasteiger partial charge in [-0.2, -0.15) is 0 Å². The van der Waals surface area contributed by atoms with Gasteiger partial charge in [-0.25, -0.2) is 4.98 Å². The molecule has 3 rings (SSSR count). The fraction of sp³-hybridized carbons (Fsp3) is 0.333. The second kappa shape index (κ2) is 8.84. The lowest BCUT2D eigenvalue weighted by atomic mass is 10.1. The van der Waals surface area contributed by atoms with Crippen molar-refractivity contribution in [3.63, 3.8) is 0 Å². The second-order valence-corrected chi connectivity index (χ2v) is 7.45. The average Bonchev–Trinajstić information content (AvgIpc) is 3.01. The number of hydrogen-bond acceptors (Lipinski definition) is 3. The molecule has 0 aliphatic heterocycles. The van der Waals surface area contributed by atoms with Gasteiger partial charge in [-0.15, -0.1) is 0 Å². The molecule has 0 amide bonds. The van der Waals surface area contributed by atoms with Crippen molar-refractivity contribution in [1.29, 1.82) is 0 Å². The molecule has 0 spiro atoms. The van der Waals surface area contributed by atoms with Crippen molar-refractivity contribution in [3.05, 3.63) is 57.3 Å². The van der Waals surface area contributed by atoms with Crippen molar-refractivity contribution in [2.45, 2.75) is 39.7 Å². The summed E-state index contributed by atoms with van der Waals surface area (Å²) in [5, 5.41) is 9.98. The molecule has 7 heteroatoms. The smallest absolute Gasteiger partial charge is 0.303 e. The van der Waals surface area contributed by atoms with Crippen LogP contribution in [0, 0.1) is 6.92 Å². The summed E-state index contributed by atoms with van der Waals surface area (Å²) in [4.78, 5) is 15.4. The number of halogens is 2. The van der Waals surface area contributed by atoms with Crippen LogP contribution in [0.1, 0.15) is 36.7 Å². The van der Waals surface area contributed by atoms with E-state index in [1.165, 1.54) is 0 Å². The molecule has 0 aliphatic rings. The van der Waals surface area contributed by atoms with Crippen LogP contribution >= 0.6 is 23.2 Å². The predicted molar refractivity (Wildman–Crippen MR) is 112 cm³/mol. The van der Waals surface area contributed by atoms with E-state index in [0.29, 0.717) is 29.6 Å². The molecular formula is C21H22Cl2N2O3. The zero-order chi connectivity index (χ0) is 20.3. The minimum absolute atomic E-state index is 0.0950. The summed E-state index contributed by atoms with van der Waals surface area (Å²) in [6, 6.07) is 9.42. The number of fused-ring (bicyclic) bond motifs is 1. The van der Waals surface area contributed by atoms with E-state index in [1.54, 1.807) is 6.07 Å². The number of imidazole rings is 1. The monoisotopic (exact) mass is 420 g/mol. The molecule has 28 heavy (non-hydrogen) atoms. The van der Waals surface area contributed by atoms with E-state index >= 15 is 0 Å². The summed E-state index contributed by atoms with van der Waals surface area (Å²) in [7, 11) is 0. The molecule has 0 atom stereocenters. The maximum Gasteiger partial charge on any atom is 0.303 e. The minimum atomic E-state index is -0.817. The molecule has 0 radical (unpaired) electrons. The highest BCUT2D eigenvalue weighted by molar-refractivity contribution is 6.35. The number of aromatic nitrogens is 2. The molecule has 0 bridgehead atoms. The number of aryl methyl sites for hydroxylation is 2. The third-order valence-electron chi connectivity index (χ3n) is 4.66. The lowest BCUT2D eigenvalue weighted by molar-refractivity contribution is -0.137. The zero-order valence-corrected chi connectivity index (χ0v) is 17.3. The molecule has 2 aromatic carbocycles. The Bertz CT molecular complexity index is 1010. The van der Waals surface area contributed by atoms with Gasteiger partial charge in [0.05, 0.1) is 24.2 Å². The molecule has 148 valence electrons. The Morgan fingerprint density at radius 3 is 2.71 bits per heavy atom. The molecule has 0 saturated heterocycles. The van der Waals surface area contributed by atoms with Gasteiger partial charge in [0.2, 0.25) is 0 Å². The fourth-order valence-corrected chi connectivity index (χ4v) is 3.65. The number of carboxylic acid groups (broad SMARTS) is 1. The van der Waals surface area contributed by atoms with Crippen LogP contribution < -0.4 is 4.74 Å². The van der Waals surface area contributed by atoms with Crippen molar-refractivity contribution in [3.8, 4) is 5.75 Å². The Balaban J connectivity index is 1.91. The predicted octanol–water partition coefficient (Wildman–Crippen LogP) is 5.51. The van der Waals surface area contributed by atoms with Crippen LogP contribution in [0.4, 0.5) is 0 Å². The maximum absolute atomic E-state index is 10.6. The van der Waals surface area contributed by atoms with Gasteiger partial charge in [-0.1, -0.05) is 36.2 Å². The van der Waals surface area contributed by atoms with Crippen molar-refractivity contribution in [2.75, 3.05) is 6.61 Å². The van der Waals surface area contributed by atoms with Gasteiger partial charge in [0.15, 0.2) is 0 Å². The maximum atomic E-state index is 10.6. The summed E-state index contributed by atoms with van der Waals surface area (Å²) >= 11 is 12.4. The van der Waals surface area contributed by atoms with Gasteiger partial charge < -0.3 is 14.4 Å². The number of benzene rings is 2. The summed E-state index contributed by atoms with van der Waals surface area (Å²) in [5.41, 5.74) is 3.83. The molecule has 0 unspecified atom stereocenters. The first-order valence-corrected chi connectivity index (χ1v) is 9.93. The Morgan fingerprint density at radius 1 is 1.25 bits per heavy atom. The Kier molecular flexibility index (Phi) is 6.47. The van der Waals surface area contributed by atoms with Gasteiger partial charge >= 0.3 is 5.97 Å². The summed E-state index contributed by atoms with van der Waals surface area (Å²) in [6.45, 7) is 5.01. The molecular weight excluding hydrogens is 399 g/mol. The number of aliphatic carboxylic acids is 1. The number of rotatable bonds is 8. The van der Waals surface area contributed by atoms with E-state index in [2.05, 4.69) is 11.5 Å². The third kappa shape index (κ3) is 4.42. The number of carboxylic acids is 1. The van der Waals surface area contributed by atoms with Crippen LogP contribution in [-0.4, -0.2) is 27.2 Å². The molecule has 0 fully saturated rings. The van der Waals surface area contributed by atoms with Gasteiger partial charge in [0.25, 0.3) is 0 Å². The van der Waals surface area contributed by atoms with Gasteiger partial charge in [-0.05, 0) is 43.2 Å². The van der Waals surface area contributed by atoms with Gasteiger partial charge in [0, 0.05) is 28.5 Å². The van der Waals surface area contributed by atoms with Crippen LogP contribution in [0.15, 0.2) is 30.3 Å². The van der Waals surface area contributed by atoms with Gasteiger partial charge in [0.1, 0.15) is 11.6 Å². The second-order valence-electron chi connectivity index (χ2n) is 6.61. The first-order valence-electron chi connectivity index (χ1n) is 9.18. The van der Waals surface area contributed by atoms with E-state index in [0.717, 1.165) is 40.2 Å². The number of nitrogens with zero attached hydrogens (tertiary/aromatic N) is 2. The normalized spacial score (nSPS) is 11.1. The van der Waals surface area contributed by atoms with E-state index in [9.17, 15) is 4.79 Å². The first-order chi connectivity index (χ1) is 13.4. The Labute approximate surface area is 173 Å². The van der Waals surface area contributed by atoms with E-state index in [-0.39, 0.29) is 6.42 Å². The highest BCUT2D eigenvalue weighted by Crippen LogP contribution is 2.30. The lowest BCUT2D eigenvalue weighted by Gasteiger charge is -2.12. The number of carbonyl (C=O) groups is 1. The summed E-state index contributed by atoms with van der Waals surface area (Å²) < 4.78 is 7.94. The van der Waals surface area contributed by atoms with Crippen LogP contribution in [0.2, 0.25) is 10.0 Å². The van der Waals surface area contributed by atoms with Crippen LogP contribution in [0.25, 0.3) is 11.0 Å². The Hall–Kier alpha value is -2.24. The van der Waals surface area contributed by atoms with Crippen LogP contribution in [0.5, 0.6) is 5.75 Å². The fourth-order valence-electron chi connectivity index (χ4n) is 3.18. The molecule has 0 aliphatic carbocycles. The Morgan fingerprint density at radius 2 is 2.04 bits per heavy atom. The van der Waals surface area contributed by atoms with Crippen molar-refractivity contribution < 1.29 is 14.6 Å². The lowest BCUT2D eigenvalue weighted by Crippen LogP contribution is -2.05. The number of ether oxygens (including phenoxy) is 1. The van der Waals surface area contributed by atoms with Crippen LogP contribution in [0.3, 0.4) is 0 Å². The molecule has 0 saturated carbocycles. The quantitative estimate of drug-likeness (QED) is 0.488. The van der Waals surface area contributed by atoms with E-state index in [1.807, 2.05) is 31.2 Å². The SMILES string of the molecule is CCc1nc2c(C)c(OCCCC(=O)O)ccc2n1Cc1ccc(Cl)cc1Cl. The highest BCUT2D eigenvalue weighted by Gasteiger charge is 2.15. The van der Waals surface area contributed by atoms with Crippen molar-refractivity contribution >= 4 is 40.2 Å². The summed E-state index contributed by atoms with van der Waals surface area (Å²) in [6.07, 6.45) is 1.35. The molecule has 1 N–H and O–H groups in total. The number of hydrogen-bond donors (Lipinski definition) is 1. The van der Waals surface area contributed by atoms with Crippen molar-refractivity contribution in [1.82, 2.24) is 9.55 Å². The molecule has 1 aromatic heterocycles. The van der Waals surface area contributed by atoms with E-state index < -0.39 is 5.97 Å². The first kappa shape index (κ1) is 20.5. The minimum Gasteiger partial charge on any atom is -0.493 e. The molecule has 3 aromatic rings. The van der Waals surface area contributed by atoms with Crippen LogP contribution in [-0.2, 0) is 17.8 Å². The topological polar surface area (TPSA) is 64.3 Å². The molecule has 1 heterocycles. The van der Waals surface area contributed by atoms with Crippen molar-refractivity contribution in [2.24, 2.45) is 0 Å². The zero-order valence-electron chi connectivity index (χ0n) is 15.8.